The van der Waals surface area contributed by atoms with Crippen molar-refractivity contribution < 1.29 is 14.3 Å². The molecule has 4 aromatic rings. The van der Waals surface area contributed by atoms with Crippen molar-refractivity contribution in [3.8, 4) is 5.75 Å². The van der Waals surface area contributed by atoms with Crippen LogP contribution in [-0.4, -0.2) is 80.7 Å². The van der Waals surface area contributed by atoms with Gasteiger partial charge in [0.1, 0.15) is 17.7 Å². The van der Waals surface area contributed by atoms with Gasteiger partial charge in [-0.25, -0.2) is 14.8 Å². The van der Waals surface area contributed by atoms with E-state index in [-0.39, 0.29) is 35.1 Å². The number of amides is 3. The summed E-state index contributed by atoms with van der Waals surface area (Å²) in [7, 11) is 3.88. The molecule has 1 aliphatic heterocycles. The number of anilines is 2. The summed E-state index contributed by atoms with van der Waals surface area (Å²) in [5, 5.41) is 17.9. The van der Waals surface area contributed by atoms with E-state index < -0.39 is 6.03 Å². The van der Waals surface area contributed by atoms with Crippen LogP contribution in [-0.2, 0) is 5.41 Å². The Hall–Kier alpha value is -4.78. The van der Waals surface area contributed by atoms with Crippen molar-refractivity contribution in [2.24, 2.45) is 0 Å². The lowest BCUT2D eigenvalue weighted by Crippen LogP contribution is -2.44. The standard InChI is InChI=1S/C37H50N10O3/c1-23-11-10-12-24(2)47(23)36-44-43-32-18-15-25(22-46(32)36)50-29-17-16-28(26-13-8-9-14-27(26)29)39-35(49)42-31-21-30(37(3,4)5)40-33(41-31)34(48)38-19-20-45(6)7/h8-9,13-15,18,21-24,28-29H,10-12,16-17,19-20H2,1-7H3,(H,38,48)(H2,39,40,41,42,49)/t23-,24+,28-,29+/m0/s1. The molecule has 1 aliphatic carbocycles. The quantitative estimate of drug-likeness (QED) is 0.204. The minimum atomic E-state index is -0.409. The Balaban J connectivity index is 1.16. The molecule has 4 atom stereocenters. The summed E-state index contributed by atoms with van der Waals surface area (Å²) in [5.41, 5.74) is 3.10. The SMILES string of the molecule is C[C@@H]1CCC[C@H](C)N1c1nnc2ccc(O[C@@H]3CC[C@H](NC(=O)Nc4cc(C(C)(C)C)nc(C(=O)NCCN(C)C)n4)c4ccccc43)cn12. The van der Waals surface area contributed by atoms with Gasteiger partial charge in [0, 0.05) is 36.7 Å². The molecular weight excluding hydrogens is 632 g/mol. The van der Waals surface area contributed by atoms with E-state index in [1.807, 2.05) is 80.7 Å². The van der Waals surface area contributed by atoms with Gasteiger partial charge < -0.3 is 25.2 Å². The van der Waals surface area contributed by atoms with Crippen LogP contribution in [0, 0.1) is 0 Å². The number of urea groups is 1. The molecule has 3 aromatic heterocycles. The van der Waals surface area contributed by atoms with Gasteiger partial charge in [0.05, 0.1) is 17.9 Å². The van der Waals surface area contributed by atoms with Crippen molar-refractivity contribution in [2.75, 3.05) is 37.4 Å². The number of hydrogen-bond donors (Lipinski definition) is 3. The van der Waals surface area contributed by atoms with Crippen LogP contribution >= 0.6 is 0 Å². The van der Waals surface area contributed by atoms with Gasteiger partial charge in [0.25, 0.3) is 5.91 Å². The molecule has 0 unspecified atom stereocenters. The second-order valence-corrected chi connectivity index (χ2v) is 14.9. The third-order valence-electron chi connectivity index (χ3n) is 9.59. The van der Waals surface area contributed by atoms with Gasteiger partial charge in [0.15, 0.2) is 5.65 Å². The van der Waals surface area contributed by atoms with Gasteiger partial charge in [-0.3, -0.25) is 14.5 Å². The van der Waals surface area contributed by atoms with Crippen molar-refractivity contribution in [1.29, 1.82) is 0 Å². The number of carbonyl (C=O) groups is 2. The van der Waals surface area contributed by atoms with Crippen LogP contribution in [0.2, 0.25) is 0 Å². The van der Waals surface area contributed by atoms with Gasteiger partial charge in [0.2, 0.25) is 11.8 Å². The fourth-order valence-corrected chi connectivity index (χ4v) is 6.89. The zero-order valence-corrected chi connectivity index (χ0v) is 30.2. The maximum absolute atomic E-state index is 13.4. The van der Waals surface area contributed by atoms with E-state index in [0.717, 1.165) is 41.3 Å². The number of ether oxygens (including phenoxy) is 1. The van der Waals surface area contributed by atoms with E-state index in [1.54, 1.807) is 6.07 Å². The number of fused-ring (bicyclic) bond motifs is 2. The molecule has 13 heteroatoms. The maximum atomic E-state index is 13.4. The van der Waals surface area contributed by atoms with Gasteiger partial charge in [-0.15, -0.1) is 10.2 Å². The first-order chi connectivity index (χ1) is 23.9. The Morgan fingerprint density at radius 3 is 2.42 bits per heavy atom. The number of carbonyl (C=O) groups excluding carboxylic acids is 2. The number of piperidine rings is 1. The van der Waals surface area contributed by atoms with Crippen LogP contribution < -0.4 is 25.6 Å². The molecule has 0 saturated carbocycles. The highest BCUT2D eigenvalue weighted by atomic mass is 16.5. The summed E-state index contributed by atoms with van der Waals surface area (Å²) in [6, 6.07) is 13.8. The molecule has 0 bridgehead atoms. The normalized spacial score (nSPS) is 20.8. The van der Waals surface area contributed by atoms with Crippen molar-refractivity contribution in [2.45, 2.75) is 96.4 Å². The fraction of sp³-hybridized carbons (Fsp3) is 0.514. The summed E-state index contributed by atoms with van der Waals surface area (Å²) < 4.78 is 8.68. The second kappa shape index (κ2) is 14.6. The van der Waals surface area contributed by atoms with Gasteiger partial charge in [-0.1, -0.05) is 45.0 Å². The number of nitrogens with zero attached hydrogens (tertiary/aromatic N) is 7. The molecule has 4 heterocycles. The monoisotopic (exact) mass is 682 g/mol. The van der Waals surface area contributed by atoms with Crippen molar-refractivity contribution in [1.82, 2.24) is 40.1 Å². The number of hydrogen-bond acceptors (Lipinski definition) is 9. The van der Waals surface area contributed by atoms with E-state index in [0.29, 0.717) is 43.7 Å². The Morgan fingerprint density at radius 2 is 1.70 bits per heavy atom. The molecule has 3 amide bonds. The number of likely N-dealkylation sites (N-methyl/N-ethyl adjacent to an activating group) is 1. The van der Waals surface area contributed by atoms with Gasteiger partial charge in [-0.05, 0) is 83.3 Å². The smallest absolute Gasteiger partial charge is 0.320 e. The van der Waals surface area contributed by atoms with Gasteiger partial charge in [-0.2, -0.15) is 0 Å². The Labute approximate surface area is 294 Å². The van der Waals surface area contributed by atoms with E-state index in [4.69, 9.17) is 4.74 Å². The number of aromatic nitrogens is 5. The first-order valence-electron chi connectivity index (χ1n) is 17.7. The molecular formula is C37H50N10O3. The molecule has 50 heavy (non-hydrogen) atoms. The number of nitrogens with one attached hydrogen (secondary N) is 3. The van der Waals surface area contributed by atoms with Crippen LogP contribution in [0.1, 0.15) is 106 Å². The minimum absolute atomic E-state index is 0.0196. The van der Waals surface area contributed by atoms with Crippen LogP contribution in [0.5, 0.6) is 5.75 Å². The lowest BCUT2D eigenvalue weighted by molar-refractivity contribution is 0.0940. The summed E-state index contributed by atoms with van der Waals surface area (Å²) in [6.45, 7) is 11.7. The topological polar surface area (TPSA) is 142 Å². The lowest BCUT2D eigenvalue weighted by Gasteiger charge is -2.39. The first kappa shape index (κ1) is 35.1. The Morgan fingerprint density at radius 1 is 0.960 bits per heavy atom. The highest BCUT2D eigenvalue weighted by molar-refractivity contribution is 5.92. The van der Waals surface area contributed by atoms with Crippen LogP contribution in [0.25, 0.3) is 5.65 Å². The molecule has 266 valence electrons. The molecule has 2 aliphatic rings. The number of rotatable bonds is 9. The maximum Gasteiger partial charge on any atom is 0.320 e. The van der Waals surface area contributed by atoms with E-state index in [1.165, 1.54) is 6.42 Å². The molecule has 13 nitrogen and oxygen atoms in total. The zero-order valence-electron chi connectivity index (χ0n) is 30.2. The molecule has 6 rings (SSSR count). The summed E-state index contributed by atoms with van der Waals surface area (Å²) >= 11 is 0. The Bertz CT molecular complexity index is 1820. The van der Waals surface area contributed by atoms with Gasteiger partial charge >= 0.3 is 6.03 Å². The van der Waals surface area contributed by atoms with Crippen molar-refractivity contribution in [3.63, 3.8) is 0 Å². The number of benzene rings is 1. The summed E-state index contributed by atoms with van der Waals surface area (Å²) in [6.07, 6.45) is 6.66. The molecule has 1 aromatic carbocycles. The summed E-state index contributed by atoms with van der Waals surface area (Å²) in [5.74, 6) is 1.48. The average molecular weight is 683 g/mol. The lowest BCUT2D eigenvalue weighted by atomic mass is 9.85. The number of pyridine rings is 1. The third-order valence-corrected chi connectivity index (χ3v) is 9.59. The van der Waals surface area contributed by atoms with E-state index >= 15 is 0 Å². The first-order valence-corrected chi connectivity index (χ1v) is 17.7. The largest absolute Gasteiger partial charge is 0.484 e. The molecule has 0 spiro atoms. The molecule has 0 radical (unpaired) electrons. The van der Waals surface area contributed by atoms with Crippen molar-refractivity contribution >= 4 is 29.4 Å². The molecule has 3 N–H and O–H groups in total. The third kappa shape index (κ3) is 7.83. The second-order valence-electron chi connectivity index (χ2n) is 14.9. The predicted octanol–water partition coefficient (Wildman–Crippen LogP) is 5.65. The Kier molecular flexibility index (Phi) is 10.2. The molecule has 1 fully saturated rings. The van der Waals surface area contributed by atoms with E-state index in [2.05, 4.69) is 60.9 Å². The summed E-state index contributed by atoms with van der Waals surface area (Å²) in [4.78, 5) is 39.6. The zero-order chi connectivity index (χ0) is 35.6. The van der Waals surface area contributed by atoms with Crippen LogP contribution in [0.3, 0.4) is 0 Å². The van der Waals surface area contributed by atoms with Crippen LogP contribution in [0.15, 0.2) is 48.7 Å². The van der Waals surface area contributed by atoms with Crippen LogP contribution in [0.4, 0.5) is 16.6 Å². The highest BCUT2D eigenvalue weighted by Gasteiger charge is 2.31. The average Bonchev–Trinajstić information content (AvgIpc) is 3.48. The minimum Gasteiger partial charge on any atom is -0.484 e. The van der Waals surface area contributed by atoms with E-state index in [9.17, 15) is 9.59 Å². The van der Waals surface area contributed by atoms with Crippen molar-refractivity contribution in [3.05, 3.63) is 71.3 Å². The highest BCUT2D eigenvalue weighted by Crippen LogP contribution is 2.39. The fourth-order valence-electron chi connectivity index (χ4n) is 6.89. The molecule has 1 saturated heterocycles. The predicted molar refractivity (Wildman–Crippen MR) is 194 cm³/mol.